The maximum absolute atomic E-state index is 12.8. The summed E-state index contributed by atoms with van der Waals surface area (Å²) in [6.45, 7) is -0.0956. The van der Waals surface area contributed by atoms with E-state index in [1.54, 1.807) is 0 Å². The third-order valence-corrected chi connectivity index (χ3v) is 7.74. The summed E-state index contributed by atoms with van der Waals surface area (Å²) in [6, 6.07) is 4.60. The summed E-state index contributed by atoms with van der Waals surface area (Å²) in [4.78, 5) is 10.6. The van der Waals surface area contributed by atoms with Crippen molar-refractivity contribution in [1.82, 2.24) is 0 Å². The molecule has 180 valence electrons. The number of halogens is 3. The van der Waals surface area contributed by atoms with Crippen molar-refractivity contribution in [3.05, 3.63) is 29.8 Å². The highest BCUT2D eigenvalue weighted by Crippen LogP contribution is 2.52. The van der Waals surface area contributed by atoms with Gasteiger partial charge < -0.3 is 20.1 Å². The number of carbonyl (C=O) groups is 1. The van der Waals surface area contributed by atoms with Gasteiger partial charge in [0, 0.05) is 0 Å². The molecule has 6 atom stereocenters. The lowest BCUT2D eigenvalue weighted by molar-refractivity contribution is -0.137. The topological polar surface area (TPSA) is 87.0 Å². The molecule has 2 unspecified atom stereocenters. The standard InChI is InChI=1S/C23H31F3O5S/c24-23(25,26)16-2-1-3-18(11-16)31-12-17(27)4-5-19-20-9-14(6-7-32-13-22(29)30)8-15(20)10-21(19)28/h1-3,11,14-15,17,19-21,27-28H,4-10,12-13H2,(H,29,30)/t14?,15-,17?,19+,20-,21+/m1/s1. The number of aliphatic hydroxyl groups excluding tert-OH is 2. The molecule has 0 radical (unpaired) electrons. The van der Waals surface area contributed by atoms with Crippen LogP contribution in [0.3, 0.4) is 0 Å². The Hall–Kier alpha value is -1.45. The Labute approximate surface area is 190 Å². The highest BCUT2D eigenvalue weighted by Gasteiger charge is 2.47. The summed E-state index contributed by atoms with van der Waals surface area (Å²) in [5, 5.41) is 29.5. The van der Waals surface area contributed by atoms with Gasteiger partial charge in [0.2, 0.25) is 0 Å². The summed E-state index contributed by atoms with van der Waals surface area (Å²) >= 11 is 1.44. The zero-order valence-corrected chi connectivity index (χ0v) is 18.7. The van der Waals surface area contributed by atoms with Crippen LogP contribution in [0.1, 0.15) is 44.1 Å². The van der Waals surface area contributed by atoms with E-state index < -0.39 is 23.8 Å². The van der Waals surface area contributed by atoms with Gasteiger partial charge in [-0.05, 0) is 86.1 Å². The molecule has 3 rings (SSSR count). The van der Waals surface area contributed by atoms with E-state index in [0.29, 0.717) is 30.6 Å². The molecular formula is C23H31F3O5S. The summed E-state index contributed by atoms with van der Waals surface area (Å²) in [7, 11) is 0. The van der Waals surface area contributed by atoms with Crippen molar-refractivity contribution in [2.75, 3.05) is 18.1 Å². The van der Waals surface area contributed by atoms with E-state index in [9.17, 15) is 28.2 Å². The first-order valence-corrected chi connectivity index (χ1v) is 12.2. The predicted molar refractivity (Wildman–Crippen MR) is 116 cm³/mol. The fourth-order valence-corrected chi connectivity index (χ4v) is 6.14. The van der Waals surface area contributed by atoms with Crippen molar-refractivity contribution in [2.24, 2.45) is 23.7 Å². The Morgan fingerprint density at radius 1 is 1.22 bits per heavy atom. The van der Waals surface area contributed by atoms with Gasteiger partial charge >= 0.3 is 12.1 Å². The summed E-state index contributed by atoms with van der Waals surface area (Å²) in [5.41, 5.74) is -0.790. The zero-order chi connectivity index (χ0) is 23.3. The van der Waals surface area contributed by atoms with Gasteiger partial charge in [-0.25, -0.2) is 0 Å². The number of alkyl halides is 3. The van der Waals surface area contributed by atoms with Crippen molar-refractivity contribution >= 4 is 17.7 Å². The van der Waals surface area contributed by atoms with Crippen LogP contribution in [0.2, 0.25) is 0 Å². The van der Waals surface area contributed by atoms with E-state index in [-0.39, 0.29) is 30.1 Å². The molecule has 0 heterocycles. The minimum Gasteiger partial charge on any atom is -0.491 e. The Balaban J connectivity index is 1.41. The van der Waals surface area contributed by atoms with Crippen LogP contribution in [0.5, 0.6) is 5.75 Å². The molecule has 9 heteroatoms. The van der Waals surface area contributed by atoms with Crippen molar-refractivity contribution in [3.63, 3.8) is 0 Å². The van der Waals surface area contributed by atoms with Crippen molar-refractivity contribution in [1.29, 1.82) is 0 Å². The second-order valence-electron chi connectivity index (χ2n) is 9.03. The molecule has 32 heavy (non-hydrogen) atoms. The first kappa shape index (κ1) is 25.2. The van der Waals surface area contributed by atoms with Gasteiger partial charge in [-0.15, -0.1) is 0 Å². The average molecular weight is 477 g/mol. The Kier molecular flexibility index (Phi) is 8.75. The molecule has 0 saturated heterocycles. The molecule has 0 spiro atoms. The van der Waals surface area contributed by atoms with Gasteiger partial charge in [0.1, 0.15) is 12.4 Å². The molecule has 2 aliphatic rings. The number of rotatable bonds is 11. The monoisotopic (exact) mass is 476 g/mol. The zero-order valence-electron chi connectivity index (χ0n) is 17.8. The van der Waals surface area contributed by atoms with Crippen LogP contribution in [0.15, 0.2) is 24.3 Å². The van der Waals surface area contributed by atoms with Crippen molar-refractivity contribution < 1.29 is 38.0 Å². The SMILES string of the molecule is O=C(O)CSCCC1C[C@@H]2C[C@H](O)[C@@H](CCC(O)COc3cccc(C(F)(F)F)c3)[C@@H]2C1. The van der Waals surface area contributed by atoms with E-state index in [2.05, 4.69) is 0 Å². The molecule has 1 aromatic carbocycles. The lowest BCUT2D eigenvalue weighted by atomic mass is 9.86. The second kappa shape index (κ2) is 11.1. The first-order valence-electron chi connectivity index (χ1n) is 11.1. The Morgan fingerprint density at radius 3 is 2.72 bits per heavy atom. The molecule has 0 bridgehead atoms. The number of carboxylic acid groups (broad SMARTS) is 1. The quantitative estimate of drug-likeness (QED) is 0.409. The largest absolute Gasteiger partial charge is 0.491 e. The van der Waals surface area contributed by atoms with E-state index in [0.717, 1.165) is 43.6 Å². The average Bonchev–Trinajstić information content (AvgIpc) is 3.24. The number of fused-ring (bicyclic) bond motifs is 1. The molecule has 2 saturated carbocycles. The highest BCUT2D eigenvalue weighted by molar-refractivity contribution is 7.99. The third-order valence-electron chi connectivity index (χ3n) is 6.77. The normalized spacial score (nSPS) is 28.5. The smallest absolute Gasteiger partial charge is 0.416 e. The number of hydrogen-bond donors (Lipinski definition) is 3. The van der Waals surface area contributed by atoms with Gasteiger partial charge in [-0.2, -0.15) is 24.9 Å². The van der Waals surface area contributed by atoms with Crippen molar-refractivity contribution in [3.8, 4) is 5.75 Å². The van der Waals surface area contributed by atoms with Crippen molar-refractivity contribution in [2.45, 2.75) is 56.9 Å². The Morgan fingerprint density at radius 2 is 2.00 bits per heavy atom. The predicted octanol–water partition coefficient (Wildman–Crippen LogP) is 4.46. The van der Waals surface area contributed by atoms with Gasteiger partial charge in [0.25, 0.3) is 0 Å². The number of benzene rings is 1. The highest BCUT2D eigenvalue weighted by atomic mass is 32.2. The maximum Gasteiger partial charge on any atom is 0.416 e. The van der Waals surface area contributed by atoms with Crippen LogP contribution in [-0.2, 0) is 11.0 Å². The van der Waals surface area contributed by atoms with Gasteiger partial charge in [-0.1, -0.05) is 6.07 Å². The second-order valence-corrected chi connectivity index (χ2v) is 10.1. The van der Waals surface area contributed by atoms with Gasteiger partial charge in [0.05, 0.1) is 23.5 Å². The number of aliphatic carboxylic acids is 1. The maximum atomic E-state index is 12.8. The molecule has 5 nitrogen and oxygen atoms in total. The lowest BCUT2D eigenvalue weighted by Gasteiger charge is -2.23. The molecule has 0 aromatic heterocycles. The molecule has 2 fully saturated rings. The summed E-state index contributed by atoms with van der Waals surface area (Å²) in [6.07, 6.45) is -0.736. The third kappa shape index (κ3) is 7.02. The van der Waals surface area contributed by atoms with E-state index in [1.165, 1.54) is 23.9 Å². The minimum atomic E-state index is -4.44. The number of thioether (sulfide) groups is 1. The minimum absolute atomic E-state index is 0.0687. The molecule has 3 N–H and O–H groups in total. The van der Waals surface area contributed by atoms with Crippen LogP contribution in [0, 0.1) is 23.7 Å². The molecule has 0 amide bonds. The van der Waals surface area contributed by atoms with Crippen LogP contribution in [0.4, 0.5) is 13.2 Å². The first-order chi connectivity index (χ1) is 15.1. The van der Waals surface area contributed by atoms with E-state index in [4.69, 9.17) is 9.84 Å². The van der Waals surface area contributed by atoms with Gasteiger partial charge in [0.15, 0.2) is 0 Å². The molecule has 1 aromatic rings. The van der Waals surface area contributed by atoms with E-state index >= 15 is 0 Å². The summed E-state index contributed by atoms with van der Waals surface area (Å²) in [5.74, 6) is 1.78. The molecule has 0 aliphatic heterocycles. The fourth-order valence-electron chi connectivity index (χ4n) is 5.32. The summed E-state index contributed by atoms with van der Waals surface area (Å²) < 4.78 is 43.8. The van der Waals surface area contributed by atoms with E-state index in [1.807, 2.05) is 0 Å². The Bertz CT molecular complexity index is 759. The lowest BCUT2D eigenvalue weighted by Crippen LogP contribution is -2.24. The molecular weight excluding hydrogens is 445 g/mol. The van der Waals surface area contributed by atoms with Crippen LogP contribution < -0.4 is 4.74 Å². The van der Waals surface area contributed by atoms with Gasteiger partial charge in [-0.3, -0.25) is 4.79 Å². The van der Waals surface area contributed by atoms with Crippen LogP contribution in [0.25, 0.3) is 0 Å². The number of ether oxygens (including phenoxy) is 1. The number of hydrogen-bond acceptors (Lipinski definition) is 5. The van der Waals surface area contributed by atoms with Crippen LogP contribution in [-0.4, -0.2) is 51.6 Å². The number of aliphatic hydroxyl groups is 2. The molecule has 2 aliphatic carbocycles. The number of carboxylic acids is 1. The van der Waals surface area contributed by atoms with Crippen LogP contribution >= 0.6 is 11.8 Å². The fraction of sp³-hybridized carbons (Fsp3) is 0.696.